The molecule has 1 aromatic heterocycles. The van der Waals surface area contributed by atoms with Crippen LogP contribution in [0.5, 0.6) is 5.75 Å². The molecule has 0 saturated carbocycles. The molecule has 4 rings (SSSR count). The molecule has 31 heavy (non-hydrogen) atoms. The van der Waals surface area contributed by atoms with Gasteiger partial charge in [-0.2, -0.15) is 18.3 Å². The Morgan fingerprint density at radius 2 is 1.94 bits per heavy atom. The molecule has 1 N–H and O–H groups in total. The lowest BCUT2D eigenvalue weighted by atomic mass is 10.1. The zero-order valence-corrected chi connectivity index (χ0v) is 16.7. The summed E-state index contributed by atoms with van der Waals surface area (Å²) >= 11 is 0. The Labute approximate surface area is 177 Å². The summed E-state index contributed by atoms with van der Waals surface area (Å²) in [7, 11) is 0. The summed E-state index contributed by atoms with van der Waals surface area (Å²) in [5.74, 6) is 0.158. The van der Waals surface area contributed by atoms with E-state index in [1.165, 1.54) is 12.1 Å². The van der Waals surface area contributed by atoms with E-state index in [0.717, 1.165) is 36.4 Å². The van der Waals surface area contributed by atoms with Gasteiger partial charge in [0.15, 0.2) is 0 Å². The van der Waals surface area contributed by atoms with E-state index in [0.29, 0.717) is 18.5 Å². The van der Waals surface area contributed by atoms with Gasteiger partial charge in [-0.15, -0.1) is 0 Å². The Hall–Kier alpha value is -3.29. The monoisotopic (exact) mass is 429 g/mol. The number of aromatic nitrogens is 2. The zero-order valence-electron chi connectivity index (χ0n) is 16.7. The van der Waals surface area contributed by atoms with E-state index in [2.05, 4.69) is 10.2 Å². The topological polar surface area (TPSA) is 58.2 Å². The number of amides is 1. The molecule has 0 bridgehead atoms. The number of rotatable bonds is 6. The number of halogens is 3. The standard InChI is InChI=1S/C23H22F3N3O2/c24-23(25,26)17-8-4-9-19(14-17)31-13-11-18-15-20(28-27-18)21-10-5-12-29(21)22(30)16-6-2-1-3-7-16/h1-4,6-9,14-15,21H,5,10-13H2,(H,27,28)/t21-/m1/s1. The third-order valence-corrected chi connectivity index (χ3v) is 5.33. The number of ether oxygens (including phenoxy) is 1. The minimum Gasteiger partial charge on any atom is -0.493 e. The highest BCUT2D eigenvalue weighted by Gasteiger charge is 2.32. The fourth-order valence-corrected chi connectivity index (χ4v) is 3.78. The SMILES string of the molecule is O=C(c1ccccc1)N1CCC[C@@H]1c1cc(CCOc2cccc(C(F)(F)F)c2)[nH]n1. The number of hydrogen-bond donors (Lipinski definition) is 1. The quantitative estimate of drug-likeness (QED) is 0.598. The zero-order chi connectivity index (χ0) is 21.8. The minimum atomic E-state index is -4.40. The number of nitrogens with one attached hydrogen (secondary N) is 1. The van der Waals surface area contributed by atoms with E-state index in [1.807, 2.05) is 29.2 Å². The molecule has 1 atom stereocenters. The second-order valence-corrected chi connectivity index (χ2v) is 7.46. The molecule has 1 fully saturated rings. The molecule has 1 amide bonds. The van der Waals surface area contributed by atoms with Gasteiger partial charge in [-0.05, 0) is 49.2 Å². The number of nitrogens with zero attached hydrogens (tertiary/aromatic N) is 2. The van der Waals surface area contributed by atoms with Crippen LogP contribution in [0.3, 0.4) is 0 Å². The van der Waals surface area contributed by atoms with E-state index >= 15 is 0 Å². The van der Waals surface area contributed by atoms with Crippen molar-refractivity contribution in [3.05, 3.63) is 83.2 Å². The van der Waals surface area contributed by atoms with Crippen LogP contribution in [-0.2, 0) is 12.6 Å². The number of alkyl halides is 3. The van der Waals surface area contributed by atoms with Crippen LogP contribution in [0.25, 0.3) is 0 Å². The summed E-state index contributed by atoms with van der Waals surface area (Å²) in [6.07, 6.45) is -2.20. The molecule has 0 spiro atoms. The smallest absolute Gasteiger partial charge is 0.416 e. The van der Waals surface area contributed by atoms with Crippen LogP contribution in [0.1, 0.15) is 46.2 Å². The third kappa shape index (κ3) is 4.90. The van der Waals surface area contributed by atoms with Crippen molar-refractivity contribution in [1.82, 2.24) is 15.1 Å². The second kappa shape index (κ2) is 8.83. The van der Waals surface area contributed by atoms with Gasteiger partial charge >= 0.3 is 6.18 Å². The average Bonchev–Trinajstić information content (AvgIpc) is 3.43. The maximum Gasteiger partial charge on any atom is 0.416 e. The van der Waals surface area contributed by atoms with Crippen LogP contribution in [0.4, 0.5) is 13.2 Å². The maximum atomic E-state index is 12.9. The van der Waals surface area contributed by atoms with Crippen molar-refractivity contribution in [2.75, 3.05) is 13.2 Å². The Balaban J connectivity index is 1.37. The van der Waals surface area contributed by atoms with Crippen molar-refractivity contribution in [2.24, 2.45) is 0 Å². The fraction of sp³-hybridized carbons (Fsp3) is 0.304. The Bertz CT molecular complexity index is 1030. The molecule has 0 unspecified atom stereocenters. The van der Waals surface area contributed by atoms with Gasteiger partial charge in [-0.3, -0.25) is 9.89 Å². The number of H-pyrrole nitrogens is 1. The van der Waals surface area contributed by atoms with Gasteiger partial charge in [0.05, 0.1) is 23.9 Å². The van der Waals surface area contributed by atoms with Crippen LogP contribution in [0, 0.1) is 0 Å². The molecule has 8 heteroatoms. The highest BCUT2D eigenvalue weighted by atomic mass is 19.4. The number of hydrogen-bond acceptors (Lipinski definition) is 3. The summed E-state index contributed by atoms with van der Waals surface area (Å²) in [6.45, 7) is 0.888. The first-order valence-corrected chi connectivity index (χ1v) is 10.1. The van der Waals surface area contributed by atoms with Gasteiger partial charge < -0.3 is 9.64 Å². The maximum absolute atomic E-state index is 12.9. The van der Waals surface area contributed by atoms with Gasteiger partial charge in [-0.25, -0.2) is 0 Å². The lowest BCUT2D eigenvalue weighted by Gasteiger charge is -2.23. The predicted molar refractivity (Wildman–Crippen MR) is 109 cm³/mol. The van der Waals surface area contributed by atoms with Crippen LogP contribution < -0.4 is 4.74 Å². The summed E-state index contributed by atoms with van der Waals surface area (Å²) in [5.41, 5.74) is 1.51. The average molecular weight is 429 g/mol. The normalized spacial score (nSPS) is 16.5. The van der Waals surface area contributed by atoms with Gasteiger partial charge in [0.25, 0.3) is 5.91 Å². The Morgan fingerprint density at radius 1 is 1.13 bits per heavy atom. The van der Waals surface area contributed by atoms with E-state index in [9.17, 15) is 18.0 Å². The molecule has 1 saturated heterocycles. The minimum absolute atomic E-state index is 0.0134. The molecule has 5 nitrogen and oxygen atoms in total. The first kappa shape index (κ1) is 21.0. The van der Waals surface area contributed by atoms with Crippen LogP contribution >= 0.6 is 0 Å². The number of aromatic amines is 1. The first-order valence-electron chi connectivity index (χ1n) is 10.1. The summed E-state index contributed by atoms with van der Waals surface area (Å²) in [4.78, 5) is 14.7. The Kier molecular flexibility index (Phi) is 5.97. The summed E-state index contributed by atoms with van der Waals surface area (Å²) < 4.78 is 43.9. The molecular formula is C23H22F3N3O2. The molecule has 1 aliphatic rings. The van der Waals surface area contributed by atoms with E-state index in [4.69, 9.17) is 4.74 Å². The van der Waals surface area contributed by atoms with Gasteiger partial charge in [0, 0.05) is 24.2 Å². The van der Waals surface area contributed by atoms with Gasteiger partial charge in [-0.1, -0.05) is 24.3 Å². The fourth-order valence-electron chi connectivity index (χ4n) is 3.78. The Morgan fingerprint density at radius 3 is 2.71 bits per heavy atom. The van der Waals surface area contributed by atoms with Crippen molar-refractivity contribution in [2.45, 2.75) is 31.5 Å². The number of likely N-dealkylation sites (tertiary alicyclic amines) is 1. The number of carbonyl (C=O) groups excluding carboxylic acids is 1. The van der Waals surface area contributed by atoms with Crippen LogP contribution in [0.15, 0.2) is 60.7 Å². The highest BCUT2D eigenvalue weighted by Crippen LogP contribution is 2.33. The van der Waals surface area contributed by atoms with E-state index in [1.54, 1.807) is 12.1 Å². The van der Waals surface area contributed by atoms with Crippen LogP contribution in [0.2, 0.25) is 0 Å². The lowest BCUT2D eigenvalue weighted by Crippen LogP contribution is -2.30. The molecule has 0 aliphatic carbocycles. The molecule has 162 valence electrons. The van der Waals surface area contributed by atoms with Gasteiger partial charge in [0.2, 0.25) is 0 Å². The predicted octanol–water partition coefficient (Wildman–Crippen LogP) is 5.03. The highest BCUT2D eigenvalue weighted by molar-refractivity contribution is 5.94. The molecule has 2 aromatic carbocycles. The van der Waals surface area contributed by atoms with Gasteiger partial charge in [0.1, 0.15) is 5.75 Å². The molecule has 3 aromatic rings. The third-order valence-electron chi connectivity index (χ3n) is 5.33. The molecule has 0 radical (unpaired) electrons. The largest absolute Gasteiger partial charge is 0.493 e. The van der Waals surface area contributed by atoms with E-state index < -0.39 is 11.7 Å². The van der Waals surface area contributed by atoms with Crippen LogP contribution in [-0.4, -0.2) is 34.2 Å². The summed E-state index contributed by atoms with van der Waals surface area (Å²) in [6, 6.07) is 15.8. The molecule has 2 heterocycles. The molecule has 1 aliphatic heterocycles. The number of carbonyl (C=O) groups is 1. The van der Waals surface area contributed by atoms with Crippen molar-refractivity contribution < 1.29 is 22.7 Å². The van der Waals surface area contributed by atoms with Crippen molar-refractivity contribution >= 4 is 5.91 Å². The number of benzene rings is 2. The van der Waals surface area contributed by atoms with Crippen molar-refractivity contribution in [3.8, 4) is 5.75 Å². The second-order valence-electron chi connectivity index (χ2n) is 7.46. The lowest BCUT2D eigenvalue weighted by molar-refractivity contribution is -0.137. The summed E-state index contributed by atoms with van der Waals surface area (Å²) in [5, 5.41) is 7.33. The van der Waals surface area contributed by atoms with Crippen molar-refractivity contribution in [1.29, 1.82) is 0 Å². The van der Waals surface area contributed by atoms with Crippen molar-refractivity contribution in [3.63, 3.8) is 0 Å². The van der Waals surface area contributed by atoms with E-state index in [-0.39, 0.29) is 24.3 Å². The first-order chi connectivity index (χ1) is 14.9. The molecular weight excluding hydrogens is 407 g/mol.